The van der Waals surface area contributed by atoms with Gasteiger partial charge in [-0.15, -0.1) is 0 Å². The Bertz CT molecular complexity index is 339. The molecule has 0 saturated carbocycles. The zero-order valence-electron chi connectivity index (χ0n) is 7.64. The standard InChI is InChI=1S/C10H10N2O2/c11-4-3-10(13-6-7-14-10)9-2-1-5-12-8-9/h1-2,5,8H,3,6-7H2. The molecule has 14 heavy (non-hydrogen) atoms. The summed E-state index contributed by atoms with van der Waals surface area (Å²) < 4.78 is 11.0. The Hall–Kier alpha value is -1.44. The number of rotatable bonds is 2. The number of hydrogen-bond acceptors (Lipinski definition) is 4. The summed E-state index contributed by atoms with van der Waals surface area (Å²) in [5, 5.41) is 8.72. The van der Waals surface area contributed by atoms with Crippen LogP contribution in [0.5, 0.6) is 0 Å². The van der Waals surface area contributed by atoms with Crippen molar-refractivity contribution in [2.75, 3.05) is 13.2 Å². The maximum atomic E-state index is 8.72. The third-order valence-corrected chi connectivity index (χ3v) is 2.17. The van der Waals surface area contributed by atoms with Gasteiger partial charge in [-0.25, -0.2) is 0 Å². The van der Waals surface area contributed by atoms with Gasteiger partial charge in [0.15, 0.2) is 0 Å². The molecule has 1 fully saturated rings. The third kappa shape index (κ3) is 1.48. The fourth-order valence-corrected chi connectivity index (χ4v) is 1.52. The summed E-state index contributed by atoms with van der Waals surface area (Å²) in [6.45, 7) is 1.05. The quantitative estimate of drug-likeness (QED) is 0.703. The molecule has 4 heteroatoms. The number of ether oxygens (including phenoxy) is 2. The fraction of sp³-hybridized carbons (Fsp3) is 0.400. The Labute approximate surface area is 82.1 Å². The Morgan fingerprint density at radius 2 is 2.29 bits per heavy atom. The van der Waals surface area contributed by atoms with Gasteiger partial charge in [-0.3, -0.25) is 4.98 Å². The van der Waals surface area contributed by atoms with Crippen molar-refractivity contribution < 1.29 is 9.47 Å². The van der Waals surface area contributed by atoms with Gasteiger partial charge in [0, 0.05) is 18.0 Å². The molecule has 0 N–H and O–H groups in total. The molecule has 4 nitrogen and oxygen atoms in total. The van der Waals surface area contributed by atoms with E-state index in [1.165, 1.54) is 0 Å². The van der Waals surface area contributed by atoms with Crippen LogP contribution in [-0.4, -0.2) is 18.2 Å². The minimum atomic E-state index is -0.886. The molecule has 0 spiro atoms. The highest BCUT2D eigenvalue weighted by Crippen LogP contribution is 2.33. The smallest absolute Gasteiger partial charge is 0.209 e. The van der Waals surface area contributed by atoms with E-state index >= 15 is 0 Å². The second-order valence-corrected chi connectivity index (χ2v) is 3.03. The monoisotopic (exact) mass is 190 g/mol. The van der Waals surface area contributed by atoms with E-state index in [9.17, 15) is 0 Å². The summed E-state index contributed by atoms with van der Waals surface area (Å²) in [6, 6.07) is 5.73. The van der Waals surface area contributed by atoms with Crippen LogP contribution >= 0.6 is 0 Å². The first-order chi connectivity index (χ1) is 6.87. The lowest BCUT2D eigenvalue weighted by atomic mass is 10.1. The van der Waals surface area contributed by atoms with Crippen LogP contribution in [0.3, 0.4) is 0 Å². The summed E-state index contributed by atoms with van der Waals surface area (Å²) in [5.41, 5.74) is 0.805. The normalized spacial score (nSPS) is 19.1. The van der Waals surface area contributed by atoms with Gasteiger partial charge < -0.3 is 9.47 Å². The average Bonchev–Trinajstić information content (AvgIpc) is 2.70. The zero-order chi connectivity index (χ0) is 9.86. The van der Waals surface area contributed by atoms with Gasteiger partial charge in [0.2, 0.25) is 5.79 Å². The molecule has 0 aromatic carbocycles. The van der Waals surface area contributed by atoms with Gasteiger partial charge >= 0.3 is 0 Å². The van der Waals surface area contributed by atoms with Crippen molar-refractivity contribution in [1.29, 1.82) is 5.26 Å². The topological polar surface area (TPSA) is 55.1 Å². The molecule has 1 aliphatic heterocycles. The van der Waals surface area contributed by atoms with Gasteiger partial charge in [0.05, 0.1) is 25.7 Å². The van der Waals surface area contributed by atoms with Crippen LogP contribution in [0.25, 0.3) is 0 Å². The van der Waals surface area contributed by atoms with Crippen molar-refractivity contribution in [3.8, 4) is 6.07 Å². The minimum Gasteiger partial charge on any atom is -0.343 e. The first-order valence-electron chi connectivity index (χ1n) is 4.43. The molecule has 1 aromatic rings. The Balaban J connectivity index is 2.32. The Kier molecular flexibility index (Phi) is 2.44. The van der Waals surface area contributed by atoms with Crippen molar-refractivity contribution in [3.63, 3.8) is 0 Å². The number of nitrogens with zero attached hydrogens (tertiary/aromatic N) is 2. The second-order valence-electron chi connectivity index (χ2n) is 3.03. The first kappa shape index (κ1) is 9.13. The molecule has 0 radical (unpaired) electrons. The van der Waals surface area contributed by atoms with Crippen molar-refractivity contribution >= 4 is 0 Å². The molecular formula is C10H10N2O2. The van der Waals surface area contributed by atoms with Crippen LogP contribution in [0, 0.1) is 11.3 Å². The van der Waals surface area contributed by atoms with E-state index < -0.39 is 5.79 Å². The van der Waals surface area contributed by atoms with E-state index in [-0.39, 0.29) is 6.42 Å². The van der Waals surface area contributed by atoms with Crippen LogP contribution in [0.1, 0.15) is 12.0 Å². The van der Waals surface area contributed by atoms with E-state index in [0.29, 0.717) is 13.2 Å². The van der Waals surface area contributed by atoms with Crippen LogP contribution in [0.15, 0.2) is 24.5 Å². The predicted octanol–water partition coefficient (Wildman–Crippen LogP) is 1.19. The number of hydrogen-bond donors (Lipinski definition) is 0. The molecule has 1 aromatic heterocycles. The summed E-state index contributed by atoms with van der Waals surface area (Å²) >= 11 is 0. The van der Waals surface area contributed by atoms with Crippen LogP contribution in [-0.2, 0) is 15.3 Å². The van der Waals surface area contributed by atoms with Crippen LogP contribution < -0.4 is 0 Å². The van der Waals surface area contributed by atoms with E-state index in [2.05, 4.69) is 11.1 Å². The Morgan fingerprint density at radius 1 is 1.50 bits per heavy atom. The fourth-order valence-electron chi connectivity index (χ4n) is 1.52. The lowest BCUT2D eigenvalue weighted by molar-refractivity contribution is -0.161. The maximum Gasteiger partial charge on any atom is 0.209 e. The van der Waals surface area contributed by atoms with E-state index in [0.717, 1.165) is 5.56 Å². The van der Waals surface area contributed by atoms with E-state index in [1.54, 1.807) is 18.5 Å². The largest absolute Gasteiger partial charge is 0.343 e. The van der Waals surface area contributed by atoms with Crippen LogP contribution in [0.2, 0.25) is 0 Å². The number of aromatic nitrogens is 1. The number of pyridine rings is 1. The highest BCUT2D eigenvalue weighted by atomic mass is 16.7. The van der Waals surface area contributed by atoms with Gasteiger partial charge in [0.1, 0.15) is 0 Å². The maximum absolute atomic E-state index is 8.72. The highest BCUT2D eigenvalue weighted by molar-refractivity contribution is 5.18. The van der Waals surface area contributed by atoms with Gasteiger partial charge in [-0.1, -0.05) is 6.07 Å². The lowest BCUT2D eigenvalue weighted by Crippen LogP contribution is -2.26. The summed E-state index contributed by atoms with van der Waals surface area (Å²) in [4.78, 5) is 3.99. The van der Waals surface area contributed by atoms with Gasteiger partial charge in [-0.05, 0) is 6.07 Å². The molecule has 0 amide bonds. The molecule has 72 valence electrons. The average molecular weight is 190 g/mol. The van der Waals surface area contributed by atoms with Crippen molar-refractivity contribution in [1.82, 2.24) is 4.98 Å². The number of nitriles is 1. The zero-order valence-corrected chi connectivity index (χ0v) is 7.64. The molecule has 0 aliphatic carbocycles. The van der Waals surface area contributed by atoms with Crippen molar-refractivity contribution in [3.05, 3.63) is 30.1 Å². The summed E-state index contributed by atoms with van der Waals surface area (Å²) in [5.74, 6) is -0.886. The van der Waals surface area contributed by atoms with Crippen LogP contribution in [0.4, 0.5) is 0 Å². The molecule has 0 unspecified atom stereocenters. The first-order valence-corrected chi connectivity index (χ1v) is 4.43. The van der Waals surface area contributed by atoms with Crippen molar-refractivity contribution in [2.45, 2.75) is 12.2 Å². The van der Waals surface area contributed by atoms with E-state index in [1.807, 2.05) is 6.07 Å². The van der Waals surface area contributed by atoms with E-state index in [4.69, 9.17) is 14.7 Å². The molecule has 0 bridgehead atoms. The molecule has 2 heterocycles. The molecule has 1 saturated heterocycles. The minimum absolute atomic E-state index is 0.193. The van der Waals surface area contributed by atoms with Crippen molar-refractivity contribution in [2.24, 2.45) is 0 Å². The predicted molar refractivity (Wildman–Crippen MR) is 48.0 cm³/mol. The molecular weight excluding hydrogens is 180 g/mol. The Morgan fingerprint density at radius 3 is 2.86 bits per heavy atom. The lowest BCUT2D eigenvalue weighted by Gasteiger charge is -2.24. The highest BCUT2D eigenvalue weighted by Gasteiger charge is 2.38. The van der Waals surface area contributed by atoms with Gasteiger partial charge in [0.25, 0.3) is 0 Å². The third-order valence-electron chi connectivity index (χ3n) is 2.17. The molecule has 0 atom stereocenters. The summed E-state index contributed by atoms with van der Waals surface area (Å²) in [6.07, 6.45) is 3.54. The summed E-state index contributed by atoms with van der Waals surface area (Å²) in [7, 11) is 0. The second kappa shape index (κ2) is 3.74. The molecule has 2 rings (SSSR count). The molecule has 1 aliphatic rings. The van der Waals surface area contributed by atoms with Gasteiger partial charge in [-0.2, -0.15) is 5.26 Å². The SMILES string of the molecule is N#CCC1(c2cccnc2)OCCO1.